The molecule has 0 saturated heterocycles. The van der Waals surface area contributed by atoms with E-state index in [0.29, 0.717) is 0 Å². The van der Waals surface area contributed by atoms with Crippen LogP contribution in [0.2, 0.25) is 0 Å². The molecular formula is C5H6F3N3. The summed E-state index contributed by atoms with van der Waals surface area (Å²) in [6.45, 7) is -1.78. The number of hydrogen-bond acceptors (Lipinski definition) is 2. The molecule has 0 aromatic carbocycles. The molecular weight excluding hydrogens is 159 g/mol. The second kappa shape index (κ2) is 2.44. The number of nitrogens with two attached hydrogens (primary N) is 1. The van der Waals surface area contributed by atoms with E-state index in [4.69, 9.17) is 5.73 Å². The fourth-order valence-corrected chi connectivity index (χ4v) is 0.585. The summed E-state index contributed by atoms with van der Waals surface area (Å²) in [5.74, 6) is -4.30. The third kappa shape index (κ3) is 1.44. The monoisotopic (exact) mass is 165 g/mol. The maximum Gasteiger partial charge on any atom is 0.332 e. The van der Waals surface area contributed by atoms with E-state index >= 15 is 0 Å². The Hall–Kier alpha value is -1.20. The second-order valence-corrected chi connectivity index (χ2v) is 2.03. The number of nitrogens with one attached hydrogen (secondary N) is 1. The molecule has 62 valence electrons. The first-order chi connectivity index (χ1) is 5.06. The minimum atomic E-state index is -3.56. The van der Waals surface area contributed by atoms with Gasteiger partial charge in [-0.1, -0.05) is 0 Å². The summed E-state index contributed by atoms with van der Waals surface area (Å²) < 4.78 is 36.4. The van der Waals surface area contributed by atoms with Crippen LogP contribution in [0.5, 0.6) is 0 Å². The molecule has 0 atom stereocenters. The van der Waals surface area contributed by atoms with Crippen LogP contribution >= 0.6 is 0 Å². The van der Waals surface area contributed by atoms with E-state index in [-0.39, 0.29) is 5.82 Å². The topological polar surface area (TPSA) is 54.7 Å². The smallest absolute Gasteiger partial charge is 0.332 e. The van der Waals surface area contributed by atoms with Gasteiger partial charge < -0.3 is 10.7 Å². The number of anilines is 1. The largest absolute Gasteiger partial charge is 0.384 e. The molecule has 6 heteroatoms. The fraction of sp³-hybridized carbons (Fsp3) is 0.400. The maximum atomic E-state index is 12.4. The van der Waals surface area contributed by atoms with Crippen LogP contribution in [-0.2, 0) is 5.92 Å². The number of hydrogen-bond donors (Lipinski definition) is 2. The molecule has 0 aliphatic heterocycles. The third-order valence-electron chi connectivity index (χ3n) is 1.11. The van der Waals surface area contributed by atoms with Crippen molar-refractivity contribution in [1.82, 2.24) is 9.97 Å². The Bertz CT molecular complexity index is 245. The zero-order chi connectivity index (χ0) is 8.48. The van der Waals surface area contributed by atoms with Gasteiger partial charge >= 0.3 is 5.92 Å². The molecule has 0 saturated carbocycles. The van der Waals surface area contributed by atoms with Crippen LogP contribution in [-0.4, -0.2) is 16.6 Å². The molecule has 1 aromatic rings. The van der Waals surface area contributed by atoms with Gasteiger partial charge in [0, 0.05) is 0 Å². The van der Waals surface area contributed by atoms with Crippen molar-refractivity contribution in [3.63, 3.8) is 0 Å². The van der Waals surface area contributed by atoms with Crippen molar-refractivity contribution in [3.8, 4) is 0 Å². The van der Waals surface area contributed by atoms with Crippen molar-refractivity contribution in [3.05, 3.63) is 12.0 Å². The van der Waals surface area contributed by atoms with Crippen molar-refractivity contribution >= 4 is 5.82 Å². The van der Waals surface area contributed by atoms with Crippen LogP contribution < -0.4 is 5.73 Å². The summed E-state index contributed by atoms with van der Waals surface area (Å²) in [7, 11) is 0. The average molecular weight is 165 g/mol. The van der Waals surface area contributed by atoms with Crippen molar-refractivity contribution in [1.29, 1.82) is 0 Å². The molecule has 3 nitrogen and oxygen atoms in total. The maximum absolute atomic E-state index is 12.4. The van der Waals surface area contributed by atoms with Gasteiger partial charge in [-0.25, -0.2) is 9.37 Å². The number of alkyl halides is 3. The second-order valence-electron chi connectivity index (χ2n) is 2.03. The number of imidazole rings is 1. The van der Waals surface area contributed by atoms with E-state index in [9.17, 15) is 13.2 Å². The van der Waals surface area contributed by atoms with E-state index in [1.165, 1.54) is 0 Å². The first-order valence-electron chi connectivity index (χ1n) is 2.81. The van der Waals surface area contributed by atoms with E-state index in [0.717, 1.165) is 6.20 Å². The molecule has 1 aromatic heterocycles. The summed E-state index contributed by atoms with van der Waals surface area (Å²) in [4.78, 5) is 5.23. The molecule has 1 rings (SSSR count). The summed E-state index contributed by atoms with van der Waals surface area (Å²) in [6.07, 6.45) is 1.01. The highest BCUT2D eigenvalue weighted by Gasteiger charge is 2.34. The Kier molecular flexibility index (Phi) is 1.76. The van der Waals surface area contributed by atoms with Crippen molar-refractivity contribution in [2.24, 2.45) is 0 Å². The van der Waals surface area contributed by atoms with E-state index in [1.54, 1.807) is 0 Å². The van der Waals surface area contributed by atoms with Gasteiger partial charge in [-0.2, -0.15) is 8.78 Å². The zero-order valence-electron chi connectivity index (χ0n) is 5.44. The molecule has 0 radical (unpaired) electrons. The molecule has 0 bridgehead atoms. The number of halogens is 3. The van der Waals surface area contributed by atoms with Gasteiger partial charge in [0.15, 0.2) is 12.5 Å². The number of H-pyrrole nitrogens is 1. The van der Waals surface area contributed by atoms with Gasteiger partial charge in [0.1, 0.15) is 5.82 Å². The van der Waals surface area contributed by atoms with Gasteiger partial charge in [-0.05, 0) is 0 Å². The molecule has 0 unspecified atom stereocenters. The molecule has 3 N–H and O–H groups in total. The molecule has 0 aliphatic rings. The van der Waals surface area contributed by atoms with E-state index < -0.39 is 18.4 Å². The highest BCUT2D eigenvalue weighted by molar-refractivity contribution is 5.25. The lowest BCUT2D eigenvalue weighted by Gasteiger charge is -2.06. The van der Waals surface area contributed by atoms with Crippen molar-refractivity contribution in [2.75, 3.05) is 12.4 Å². The summed E-state index contributed by atoms with van der Waals surface area (Å²) in [5.41, 5.74) is 5.06. The number of nitrogens with zero attached hydrogens (tertiary/aromatic N) is 1. The molecule has 1 heterocycles. The van der Waals surface area contributed by atoms with Crippen LogP contribution in [0, 0.1) is 0 Å². The average Bonchev–Trinajstić information content (AvgIpc) is 2.36. The van der Waals surface area contributed by atoms with Crippen molar-refractivity contribution in [2.45, 2.75) is 5.92 Å². The molecule has 11 heavy (non-hydrogen) atoms. The standard InChI is InChI=1S/C5H6F3N3/c6-2-5(7,8)4-10-1-3(9)11-4/h1H,2,9H2,(H,10,11). The Morgan fingerprint density at radius 1 is 1.64 bits per heavy atom. The minimum Gasteiger partial charge on any atom is -0.384 e. The molecule has 0 fully saturated rings. The highest BCUT2D eigenvalue weighted by atomic mass is 19.3. The Morgan fingerprint density at radius 3 is 2.64 bits per heavy atom. The first-order valence-corrected chi connectivity index (χ1v) is 2.81. The molecule has 0 amide bonds. The normalized spacial score (nSPS) is 11.9. The first kappa shape index (κ1) is 7.90. The zero-order valence-corrected chi connectivity index (χ0v) is 5.44. The lowest BCUT2D eigenvalue weighted by atomic mass is 10.3. The van der Waals surface area contributed by atoms with Crippen LogP contribution in [0.1, 0.15) is 5.82 Å². The fourth-order valence-electron chi connectivity index (χ4n) is 0.585. The Balaban J connectivity index is 2.92. The molecule has 0 spiro atoms. The quantitative estimate of drug-likeness (QED) is 0.688. The van der Waals surface area contributed by atoms with Gasteiger partial charge in [0.25, 0.3) is 0 Å². The Morgan fingerprint density at radius 2 is 2.27 bits per heavy atom. The van der Waals surface area contributed by atoms with Crippen molar-refractivity contribution < 1.29 is 13.2 Å². The summed E-state index contributed by atoms with van der Waals surface area (Å²) in [6, 6.07) is 0. The summed E-state index contributed by atoms with van der Waals surface area (Å²) in [5, 5.41) is 0. The van der Waals surface area contributed by atoms with Crippen LogP contribution in [0.4, 0.5) is 19.0 Å². The minimum absolute atomic E-state index is 0.00637. The predicted molar refractivity (Wildman–Crippen MR) is 32.9 cm³/mol. The van der Waals surface area contributed by atoms with Crippen LogP contribution in [0.25, 0.3) is 0 Å². The SMILES string of the molecule is Nc1cnc(C(F)(F)CF)[nH]1. The Labute approximate surface area is 60.4 Å². The van der Waals surface area contributed by atoms with Crippen LogP contribution in [0.15, 0.2) is 6.20 Å². The molecule has 0 aliphatic carbocycles. The van der Waals surface area contributed by atoms with Gasteiger partial charge in [0.2, 0.25) is 0 Å². The number of rotatable bonds is 2. The third-order valence-corrected chi connectivity index (χ3v) is 1.11. The predicted octanol–water partition coefficient (Wildman–Crippen LogP) is 1.05. The lowest BCUT2D eigenvalue weighted by Crippen LogP contribution is -2.17. The van der Waals surface area contributed by atoms with Gasteiger partial charge in [0.05, 0.1) is 6.20 Å². The van der Waals surface area contributed by atoms with Gasteiger partial charge in [-0.15, -0.1) is 0 Å². The summed E-state index contributed by atoms with van der Waals surface area (Å²) >= 11 is 0. The van der Waals surface area contributed by atoms with E-state index in [2.05, 4.69) is 4.98 Å². The lowest BCUT2D eigenvalue weighted by molar-refractivity contribution is -0.0357. The van der Waals surface area contributed by atoms with E-state index in [1.807, 2.05) is 4.98 Å². The highest BCUT2D eigenvalue weighted by Crippen LogP contribution is 2.25. The van der Waals surface area contributed by atoms with Gasteiger partial charge in [-0.3, -0.25) is 0 Å². The number of aromatic nitrogens is 2. The number of aromatic amines is 1. The van der Waals surface area contributed by atoms with Crippen LogP contribution in [0.3, 0.4) is 0 Å². The number of nitrogen functional groups attached to an aromatic ring is 1.